The highest BCUT2D eigenvalue weighted by molar-refractivity contribution is 5.85. The number of fused-ring (bicyclic) bond motifs is 3. The lowest BCUT2D eigenvalue weighted by Crippen LogP contribution is -2.55. The number of hydrogen-bond donors (Lipinski definition) is 3. The quantitative estimate of drug-likeness (QED) is 0.527. The lowest BCUT2D eigenvalue weighted by Gasteiger charge is -2.41. The van der Waals surface area contributed by atoms with E-state index in [1.807, 2.05) is 48.5 Å². The minimum absolute atomic E-state index is 0.0581. The van der Waals surface area contributed by atoms with Gasteiger partial charge in [0.05, 0.1) is 17.9 Å². The highest BCUT2D eigenvalue weighted by Crippen LogP contribution is 2.55. The maximum Gasteiger partial charge on any atom is 0.407 e. The van der Waals surface area contributed by atoms with E-state index in [0.717, 1.165) is 28.7 Å². The molecule has 5 rings (SSSR count). The van der Waals surface area contributed by atoms with Crippen molar-refractivity contribution in [1.82, 2.24) is 10.6 Å². The molecule has 35 heavy (non-hydrogen) atoms. The van der Waals surface area contributed by atoms with Gasteiger partial charge in [-0.2, -0.15) is 0 Å². The van der Waals surface area contributed by atoms with Gasteiger partial charge in [-0.15, -0.1) is 0 Å². The van der Waals surface area contributed by atoms with Gasteiger partial charge in [0.25, 0.3) is 5.92 Å². The minimum Gasteiger partial charge on any atom is -0.481 e. The van der Waals surface area contributed by atoms with E-state index >= 15 is 0 Å². The Morgan fingerprint density at radius 3 is 2.14 bits per heavy atom. The zero-order chi connectivity index (χ0) is 24.8. The van der Waals surface area contributed by atoms with Crippen LogP contribution in [0.4, 0.5) is 13.6 Å². The Labute approximate surface area is 200 Å². The molecular formula is C26H26F2N2O5. The van der Waals surface area contributed by atoms with Crippen LogP contribution in [0.3, 0.4) is 0 Å². The molecule has 0 spiro atoms. The molecule has 3 N–H and O–H groups in total. The largest absolute Gasteiger partial charge is 0.481 e. The van der Waals surface area contributed by atoms with Crippen LogP contribution in [0.1, 0.15) is 42.7 Å². The fourth-order valence-corrected chi connectivity index (χ4v) is 5.42. The standard InChI is InChI=1S/C26H26F2N2O5/c27-26(28)20(22(26)23(33)30-25(10-5-11-25)12-21(31)32)13-29-24(34)35-14-19-17-8-3-1-6-15(17)16-7-2-4-9-18(16)19/h1-4,6-9,19-20,22H,5,10-14H2,(H,29,34)(H,30,33)(H,31,32). The summed E-state index contributed by atoms with van der Waals surface area (Å²) >= 11 is 0. The highest BCUT2D eigenvalue weighted by Gasteiger charge is 2.72. The SMILES string of the molecule is O=C(O)CC1(NC(=O)C2C(CNC(=O)OCC3c4ccccc4-c4ccccc43)C2(F)F)CCC1. The Morgan fingerprint density at radius 2 is 1.60 bits per heavy atom. The zero-order valence-corrected chi connectivity index (χ0v) is 18.9. The average molecular weight is 484 g/mol. The van der Waals surface area contributed by atoms with Crippen molar-refractivity contribution < 1.29 is 33.0 Å². The van der Waals surface area contributed by atoms with Crippen molar-refractivity contribution >= 4 is 18.0 Å². The molecule has 0 saturated heterocycles. The molecule has 0 heterocycles. The van der Waals surface area contributed by atoms with Crippen LogP contribution in [0.15, 0.2) is 48.5 Å². The Kier molecular flexibility index (Phi) is 5.73. The van der Waals surface area contributed by atoms with Gasteiger partial charge in [-0.1, -0.05) is 48.5 Å². The number of benzene rings is 2. The van der Waals surface area contributed by atoms with Crippen molar-refractivity contribution in [3.05, 3.63) is 59.7 Å². The van der Waals surface area contributed by atoms with Crippen molar-refractivity contribution in [1.29, 1.82) is 0 Å². The summed E-state index contributed by atoms with van der Waals surface area (Å²) in [6.45, 7) is -0.351. The number of rotatable bonds is 8. The van der Waals surface area contributed by atoms with Gasteiger partial charge in [0.15, 0.2) is 0 Å². The van der Waals surface area contributed by atoms with Crippen LogP contribution in [0.25, 0.3) is 11.1 Å². The number of carbonyl (C=O) groups is 3. The molecule has 7 nitrogen and oxygen atoms in total. The number of alkyl carbamates (subject to hydrolysis) is 1. The third kappa shape index (κ3) is 4.24. The van der Waals surface area contributed by atoms with Crippen molar-refractivity contribution in [2.45, 2.75) is 43.1 Å². The predicted octanol–water partition coefficient (Wildman–Crippen LogP) is 3.92. The van der Waals surface area contributed by atoms with E-state index < -0.39 is 47.8 Å². The summed E-state index contributed by atoms with van der Waals surface area (Å²) in [6, 6.07) is 15.7. The molecular weight excluding hydrogens is 458 g/mol. The van der Waals surface area contributed by atoms with Crippen LogP contribution in [0, 0.1) is 11.8 Å². The Balaban J connectivity index is 1.15. The fourth-order valence-electron chi connectivity index (χ4n) is 5.42. The van der Waals surface area contributed by atoms with Crippen LogP contribution in [-0.2, 0) is 14.3 Å². The van der Waals surface area contributed by atoms with Crippen LogP contribution in [0.2, 0.25) is 0 Å². The number of hydrogen-bond acceptors (Lipinski definition) is 4. The smallest absolute Gasteiger partial charge is 0.407 e. The summed E-state index contributed by atoms with van der Waals surface area (Å²) in [4.78, 5) is 35.9. The van der Waals surface area contributed by atoms with E-state index in [9.17, 15) is 23.2 Å². The number of carboxylic acid groups (broad SMARTS) is 1. The first-order valence-corrected chi connectivity index (χ1v) is 11.7. The van der Waals surface area contributed by atoms with Gasteiger partial charge >= 0.3 is 12.1 Å². The van der Waals surface area contributed by atoms with Crippen molar-refractivity contribution in [3.8, 4) is 11.1 Å². The molecule has 3 aliphatic carbocycles. The van der Waals surface area contributed by atoms with E-state index in [4.69, 9.17) is 9.84 Å². The summed E-state index contributed by atoms with van der Waals surface area (Å²) in [6.07, 6.45) is 0.522. The van der Waals surface area contributed by atoms with E-state index in [1.165, 1.54) is 0 Å². The van der Waals surface area contributed by atoms with Crippen LogP contribution in [0.5, 0.6) is 0 Å². The van der Waals surface area contributed by atoms with Gasteiger partial charge < -0.3 is 20.5 Å². The van der Waals surface area contributed by atoms with Crippen LogP contribution < -0.4 is 10.6 Å². The first-order chi connectivity index (χ1) is 16.7. The molecule has 0 radical (unpaired) electrons. The zero-order valence-electron chi connectivity index (χ0n) is 18.9. The number of alkyl halides is 2. The maximum atomic E-state index is 14.3. The Hall–Kier alpha value is -3.49. The van der Waals surface area contributed by atoms with Crippen LogP contribution in [-0.4, -0.2) is 47.7 Å². The lowest BCUT2D eigenvalue weighted by molar-refractivity contribution is -0.140. The summed E-state index contributed by atoms with van der Waals surface area (Å²) in [5.74, 6) is -8.32. The van der Waals surface area contributed by atoms with E-state index in [-0.39, 0.29) is 18.9 Å². The summed E-state index contributed by atoms with van der Waals surface area (Å²) in [5, 5.41) is 14.0. The molecule has 0 bridgehead atoms. The monoisotopic (exact) mass is 484 g/mol. The first kappa shape index (κ1) is 23.3. The second-order valence-electron chi connectivity index (χ2n) is 9.66. The van der Waals surface area contributed by atoms with Gasteiger partial charge in [-0.05, 0) is 41.5 Å². The van der Waals surface area contributed by atoms with Crippen LogP contribution >= 0.6 is 0 Å². The third-order valence-electron chi connectivity index (χ3n) is 7.48. The molecule has 2 fully saturated rings. The van der Waals surface area contributed by atoms with E-state index in [1.54, 1.807) is 0 Å². The van der Waals surface area contributed by atoms with Crippen molar-refractivity contribution in [3.63, 3.8) is 0 Å². The van der Waals surface area contributed by atoms with Gasteiger partial charge in [-0.25, -0.2) is 13.6 Å². The molecule has 184 valence electrons. The molecule has 2 saturated carbocycles. The highest BCUT2D eigenvalue weighted by atomic mass is 19.3. The predicted molar refractivity (Wildman–Crippen MR) is 122 cm³/mol. The number of nitrogens with one attached hydrogen (secondary N) is 2. The van der Waals surface area contributed by atoms with Gasteiger partial charge in [0, 0.05) is 12.5 Å². The molecule has 2 atom stereocenters. The molecule has 2 amide bonds. The fraction of sp³-hybridized carbons (Fsp3) is 0.423. The number of halogens is 2. The summed E-state index contributed by atoms with van der Waals surface area (Å²) in [7, 11) is 0. The number of amides is 2. The summed E-state index contributed by atoms with van der Waals surface area (Å²) in [5.41, 5.74) is 3.29. The molecule has 0 aliphatic heterocycles. The van der Waals surface area contributed by atoms with Gasteiger partial charge in [0.1, 0.15) is 12.5 Å². The number of ether oxygens (including phenoxy) is 1. The molecule has 0 aromatic heterocycles. The molecule has 3 aliphatic rings. The number of carbonyl (C=O) groups excluding carboxylic acids is 2. The Morgan fingerprint density at radius 1 is 1.00 bits per heavy atom. The lowest BCUT2D eigenvalue weighted by atomic mass is 9.74. The minimum atomic E-state index is -3.27. The topological polar surface area (TPSA) is 105 Å². The average Bonchev–Trinajstić information content (AvgIpc) is 3.21. The Bertz CT molecular complexity index is 1130. The maximum absolute atomic E-state index is 14.3. The van der Waals surface area contributed by atoms with Crippen molar-refractivity contribution in [2.75, 3.05) is 13.2 Å². The van der Waals surface area contributed by atoms with Gasteiger partial charge in [-0.3, -0.25) is 9.59 Å². The summed E-state index contributed by atoms with van der Waals surface area (Å²) < 4.78 is 34.0. The first-order valence-electron chi connectivity index (χ1n) is 11.7. The molecule has 2 unspecified atom stereocenters. The molecule has 9 heteroatoms. The second kappa shape index (κ2) is 8.62. The van der Waals surface area contributed by atoms with Crippen molar-refractivity contribution in [2.24, 2.45) is 11.8 Å². The number of carboxylic acids is 1. The van der Waals surface area contributed by atoms with Gasteiger partial charge in [0.2, 0.25) is 5.91 Å². The van der Waals surface area contributed by atoms with E-state index in [0.29, 0.717) is 12.8 Å². The number of aliphatic carboxylic acids is 1. The van der Waals surface area contributed by atoms with E-state index in [2.05, 4.69) is 10.6 Å². The molecule has 2 aromatic rings. The normalized spacial score (nSPS) is 22.8. The third-order valence-corrected chi connectivity index (χ3v) is 7.48. The second-order valence-corrected chi connectivity index (χ2v) is 9.66. The molecule has 2 aromatic carbocycles.